The predicted molar refractivity (Wildman–Crippen MR) is 362 cm³/mol. The highest BCUT2D eigenvalue weighted by molar-refractivity contribution is 5.91. The lowest BCUT2D eigenvalue weighted by atomic mass is 9.67. The van der Waals surface area contributed by atoms with Gasteiger partial charge in [-0.25, -0.2) is 0 Å². The summed E-state index contributed by atoms with van der Waals surface area (Å²) in [6.45, 7) is 26.1. The van der Waals surface area contributed by atoms with Crippen LogP contribution in [-0.2, 0) is 34.0 Å². The number of hydrogen-bond acceptors (Lipinski definition) is 2. The van der Waals surface area contributed by atoms with Crippen LogP contribution in [0.15, 0.2) is 264 Å². The maximum Gasteiger partial charge on any atom is 0.416 e. The topological polar surface area (TPSA) is 6.48 Å². The van der Waals surface area contributed by atoms with Crippen LogP contribution < -0.4 is 9.80 Å². The second-order valence-corrected chi connectivity index (χ2v) is 28.5. The highest BCUT2D eigenvalue weighted by Crippen LogP contribution is 2.54. The van der Waals surface area contributed by atoms with Crippen molar-refractivity contribution in [1.82, 2.24) is 0 Å². The summed E-state index contributed by atoms with van der Waals surface area (Å²) in [6.07, 6.45) is 7.32. The quantitative estimate of drug-likeness (QED) is 0.126. The largest absolute Gasteiger partial charge is 0.416 e. The molecule has 0 saturated carbocycles. The Morgan fingerprint density at radius 2 is 0.778 bits per heavy atom. The van der Waals surface area contributed by atoms with Gasteiger partial charge >= 0.3 is 12.4 Å². The molecule has 0 spiro atoms. The van der Waals surface area contributed by atoms with Crippen molar-refractivity contribution in [1.29, 1.82) is 0 Å². The molecule has 0 aliphatic heterocycles. The van der Waals surface area contributed by atoms with Gasteiger partial charge in [-0.1, -0.05) is 247 Å². The van der Waals surface area contributed by atoms with E-state index in [2.05, 4.69) is 247 Å². The first-order chi connectivity index (χ1) is 42.4. The Labute approximate surface area is 527 Å². The number of halogens is 6. The van der Waals surface area contributed by atoms with Crippen molar-refractivity contribution in [3.8, 4) is 44.5 Å². The first-order valence-corrected chi connectivity index (χ1v) is 31.0. The third-order valence-electron chi connectivity index (χ3n) is 18.1. The summed E-state index contributed by atoms with van der Waals surface area (Å²) in [5, 5.41) is 0. The molecule has 0 aromatic heterocycles. The van der Waals surface area contributed by atoms with Crippen LogP contribution in [0, 0.1) is 5.92 Å². The molecular weight excluding hydrogens is 1130 g/mol. The zero-order valence-electron chi connectivity index (χ0n) is 53.3. The molecule has 0 fully saturated rings. The van der Waals surface area contributed by atoms with E-state index in [4.69, 9.17) is 0 Å². The smallest absolute Gasteiger partial charge is 0.330 e. The maximum atomic E-state index is 15.1. The summed E-state index contributed by atoms with van der Waals surface area (Å²) >= 11 is 0. The molecule has 2 nitrogen and oxygen atoms in total. The molecule has 0 N–H and O–H groups in total. The van der Waals surface area contributed by atoms with E-state index >= 15 is 26.3 Å². The monoisotopic (exact) mass is 1200 g/mol. The molecule has 8 aromatic carbocycles. The Bertz CT molecular complexity index is 4320. The van der Waals surface area contributed by atoms with Crippen molar-refractivity contribution in [2.75, 3.05) is 9.80 Å². The van der Waals surface area contributed by atoms with Crippen LogP contribution in [-0.4, -0.2) is 6.04 Å². The van der Waals surface area contributed by atoms with Crippen LogP contribution in [0.3, 0.4) is 0 Å². The molecule has 90 heavy (non-hydrogen) atoms. The summed E-state index contributed by atoms with van der Waals surface area (Å²) < 4.78 is 90.4. The number of nitrogens with zero attached hydrogens (tertiary/aromatic N) is 2. The molecule has 2 atom stereocenters. The first kappa shape index (κ1) is 61.4. The molecule has 0 bridgehead atoms. The third-order valence-corrected chi connectivity index (χ3v) is 18.1. The molecule has 0 heterocycles. The fourth-order valence-corrected chi connectivity index (χ4v) is 13.0. The Morgan fingerprint density at radius 1 is 0.356 bits per heavy atom. The Morgan fingerprint density at radius 3 is 1.24 bits per heavy atom. The average molecular weight is 1200 g/mol. The number of rotatable bonds is 10. The van der Waals surface area contributed by atoms with Gasteiger partial charge < -0.3 is 9.80 Å². The van der Waals surface area contributed by atoms with E-state index in [0.29, 0.717) is 28.4 Å². The van der Waals surface area contributed by atoms with Crippen molar-refractivity contribution < 1.29 is 26.3 Å². The van der Waals surface area contributed by atoms with E-state index < -0.39 is 35.4 Å². The van der Waals surface area contributed by atoms with Gasteiger partial charge in [-0.2, -0.15) is 26.3 Å². The fraction of sp³-hybridized carbons (Fsp3) is 0.244. The molecule has 12 rings (SSSR count). The molecule has 4 aliphatic carbocycles. The highest BCUT2D eigenvalue weighted by atomic mass is 19.4. The van der Waals surface area contributed by atoms with Crippen molar-refractivity contribution in [2.45, 2.75) is 123 Å². The minimum Gasteiger partial charge on any atom is -0.330 e. The van der Waals surface area contributed by atoms with Gasteiger partial charge in [-0.15, -0.1) is 0 Å². The number of benzene rings is 8. The summed E-state index contributed by atoms with van der Waals surface area (Å²) in [5.41, 5.74) is 17.5. The van der Waals surface area contributed by atoms with Gasteiger partial charge in [0.25, 0.3) is 0 Å². The van der Waals surface area contributed by atoms with E-state index in [1.807, 2.05) is 28.0 Å². The van der Waals surface area contributed by atoms with Gasteiger partial charge in [-0.05, 0) is 172 Å². The third kappa shape index (κ3) is 11.9. The SMILES string of the molecule is CC(C)(C)c1ccc(-c2ccc(N(C3=C4C=CC5=C6C(=CC=C(C=C3)C46)C(N(c3cccc(C(F)(F)F)c3)c3ccc(-c4ccc(C(C)(C)C)cc4)cc3-c3ccc(C(C)(C)C)cc3)C=C5)c3cccc(C(F)(F)F)c3)c(-c3ccc(C(C)(C)C)cc3)c2)cc1. The molecular formula is C82H76F6N2. The number of allylic oxidation sites excluding steroid dienone is 10. The van der Waals surface area contributed by atoms with Gasteiger partial charge in [-0.3, -0.25) is 0 Å². The van der Waals surface area contributed by atoms with E-state index in [9.17, 15) is 0 Å². The highest BCUT2D eigenvalue weighted by Gasteiger charge is 2.42. The minimum atomic E-state index is -4.64. The van der Waals surface area contributed by atoms with Crippen molar-refractivity contribution >= 4 is 22.7 Å². The van der Waals surface area contributed by atoms with Crippen LogP contribution >= 0.6 is 0 Å². The summed E-state index contributed by atoms with van der Waals surface area (Å²) in [6, 6.07) is 57.1. The zero-order valence-corrected chi connectivity index (χ0v) is 53.3. The van der Waals surface area contributed by atoms with E-state index in [-0.39, 0.29) is 21.7 Å². The summed E-state index contributed by atoms with van der Waals surface area (Å²) in [5.74, 6) is -0.410. The Kier molecular flexibility index (Phi) is 15.4. The van der Waals surface area contributed by atoms with Gasteiger partial charge in [0.2, 0.25) is 0 Å². The lowest BCUT2D eigenvalue weighted by Gasteiger charge is -2.44. The summed E-state index contributed by atoms with van der Waals surface area (Å²) in [7, 11) is 0. The van der Waals surface area contributed by atoms with E-state index in [0.717, 1.165) is 95.6 Å². The second kappa shape index (κ2) is 22.6. The fourth-order valence-electron chi connectivity index (χ4n) is 13.0. The van der Waals surface area contributed by atoms with Crippen molar-refractivity contribution in [3.63, 3.8) is 0 Å². The van der Waals surface area contributed by atoms with Gasteiger partial charge in [0.1, 0.15) is 0 Å². The van der Waals surface area contributed by atoms with Crippen LogP contribution in [0.1, 0.15) is 116 Å². The van der Waals surface area contributed by atoms with E-state index in [1.54, 1.807) is 12.1 Å². The van der Waals surface area contributed by atoms with Gasteiger partial charge in [0.15, 0.2) is 0 Å². The first-order valence-electron chi connectivity index (χ1n) is 31.0. The number of hydrogen-bond donors (Lipinski definition) is 0. The average Bonchev–Trinajstić information content (AvgIpc) is 0.735. The standard InChI is InChI=1S/C82H76F6N2/c1-77(2,3)59-33-19-51(20-34-59)57-31-45-73(69(47-57)53-23-37-61(38-24-53)79(7,8)9)89(65-17-13-15-63(49-65)81(83,84)85)71-43-29-55-28-42-68-72(44-30-56-27-41-67(71)75(55)76(56)68)90(66-18-14-16-64(50-66)82(86,87)88)74-46-32-58(52-21-35-60(36-22-52)78(4,5)6)48-70(74)54-25-39-62(40-26-54)80(10,11)12/h13-50,71,76H,1-12H3. The number of anilines is 4. The van der Waals surface area contributed by atoms with Crippen LogP contribution in [0.4, 0.5) is 49.1 Å². The molecule has 4 aliphatic rings. The predicted octanol–water partition coefficient (Wildman–Crippen LogP) is 23.7. The minimum absolute atomic E-state index is 0.0576. The molecule has 0 saturated heterocycles. The van der Waals surface area contributed by atoms with Crippen molar-refractivity contribution in [3.05, 3.63) is 298 Å². The number of alkyl halides is 6. The lowest BCUT2D eigenvalue weighted by molar-refractivity contribution is -0.138. The maximum absolute atomic E-state index is 15.1. The summed E-state index contributed by atoms with van der Waals surface area (Å²) in [4.78, 5) is 4.02. The zero-order chi connectivity index (χ0) is 64.0. The normalized spacial score (nSPS) is 16.7. The van der Waals surface area contributed by atoms with Crippen LogP contribution in [0.5, 0.6) is 0 Å². The van der Waals surface area contributed by atoms with Crippen molar-refractivity contribution in [2.24, 2.45) is 5.92 Å². The molecule has 2 unspecified atom stereocenters. The Hall–Kier alpha value is -8.88. The molecule has 8 aromatic rings. The van der Waals surface area contributed by atoms with Gasteiger partial charge in [0.05, 0.1) is 28.6 Å². The van der Waals surface area contributed by atoms with E-state index in [1.165, 1.54) is 35.4 Å². The lowest BCUT2D eigenvalue weighted by Crippen LogP contribution is -2.37. The second-order valence-electron chi connectivity index (χ2n) is 28.5. The molecule has 0 amide bonds. The molecule has 0 radical (unpaired) electrons. The van der Waals surface area contributed by atoms with Gasteiger partial charge in [0, 0.05) is 34.1 Å². The molecule has 8 heteroatoms. The molecule has 456 valence electrons. The Balaban J connectivity index is 1.04. The van der Waals surface area contributed by atoms with Crippen LogP contribution in [0.25, 0.3) is 44.5 Å². The van der Waals surface area contributed by atoms with Crippen LogP contribution in [0.2, 0.25) is 0 Å².